The first-order valence-corrected chi connectivity index (χ1v) is 5.77. The fourth-order valence-corrected chi connectivity index (χ4v) is 1.34. The molecule has 0 radical (unpaired) electrons. The Morgan fingerprint density at radius 1 is 0.357 bits per heavy atom. The summed E-state index contributed by atoms with van der Waals surface area (Å²) in [5.74, 6) is -58.1. The average Bonchev–Trinajstić information content (AvgIpc) is 2.44. The van der Waals surface area contributed by atoms with Gasteiger partial charge in [0.1, 0.15) is 0 Å². The maximum Gasteiger partial charge on any atom is 0.536 e. The van der Waals surface area contributed by atoms with Crippen molar-refractivity contribution in [2.24, 2.45) is 0 Å². The molecule has 0 aromatic carbocycles. The SMILES string of the molecule is OB(O)C(F)(F)C(F)(F)C(F)(F)C(F)(F)C(F)(F)C(F)(F)C(F)(F)C(F)(F)F. The smallest absolute Gasteiger partial charge is 0.423 e. The molecule has 0 aliphatic rings. The maximum atomic E-state index is 13.0. The lowest BCUT2D eigenvalue weighted by Crippen LogP contribution is -2.75. The van der Waals surface area contributed by atoms with E-state index in [4.69, 9.17) is 10.0 Å². The molecule has 0 saturated carbocycles. The molecule has 2 nitrogen and oxygen atoms in total. The van der Waals surface area contributed by atoms with Gasteiger partial charge in [-0.15, -0.1) is 0 Å². The van der Waals surface area contributed by atoms with Gasteiger partial charge in [0.2, 0.25) is 0 Å². The second kappa shape index (κ2) is 6.40. The molecule has 0 heterocycles. The molecular formula is C8H2BF17O2. The molecule has 0 bridgehead atoms. The van der Waals surface area contributed by atoms with Crippen LogP contribution in [0.4, 0.5) is 74.6 Å². The summed E-state index contributed by atoms with van der Waals surface area (Å²) in [6, 6.07) is 0. The van der Waals surface area contributed by atoms with Crippen LogP contribution in [0.3, 0.4) is 0 Å². The van der Waals surface area contributed by atoms with Crippen LogP contribution in [0.25, 0.3) is 0 Å². The van der Waals surface area contributed by atoms with E-state index in [0.717, 1.165) is 0 Å². The molecule has 0 atom stereocenters. The van der Waals surface area contributed by atoms with Crippen molar-refractivity contribution in [3.63, 3.8) is 0 Å². The van der Waals surface area contributed by atoms with Crippen molar-refractivity contribution in [3.8, 4) is 0 Å². The molecule has 20 heteroatoms. The van der Waals surface area contributed by atoms with Crippen molar-refractivity contribution in [1.29, 1.82) is 0 Å². The molecule has 0 aromatic heterocycles. The van der Waals surface area contributed by atoms with Crippen molar-refractivity contribution < 1.29 is 84.7 Å². The molecule has 168 valence electrons. The van der Waals surface area contributed by atoms with E-state index in [0.29, 0.717) is 0 Å². The van der Waals surface area contributed by atoms with Crippen molar-refractivity contribution in [2.75, 3.05) is 0 Å². The quantitative estimate of drug-likeness (QED) is 0.442. The van der Waals surface area contributed by atoms with Crippen molar-refractivity contribution in [3.05, 3.63) is 0 Å². The summed E-state index contributed by atoms with van der Waals surface area (Å²) in [5.41, 5.74) is 0. The lowest BCUT2D eigenvalue weighted by atomic mass is 9.73. The van der Waals surface area contributed by atoms with Crippen molar-refractivity contribution in [1.82, 2.24) is 0 Å². The van der Waals surface area contributed by atoms with E-state index in [1.54, 1.807) is 0 Å². The Kier molecular flexibility index (Phi) is 6.12. The Morgan fingerprint density at radius 3 is 0.786 bits per heavy atom. The topological polar surface area (TPSA) is 40.5 Å². The summed E-state index contributed by atoms with van der Waals surface area (Å²) in [7, 11) is -5.02. The average molecular weight is 464 g/mol. The highest BCUT2D eigenvalue weighted by Crippen LogP contribution is 2.63. The highest BCUT2D eigenvalue weighted by Gasteiger charge is 2.95. The van der Waals surface area contributed by atoms with Gasteiger partial charge in [-0.05, 0) is 0 Å². The van der Waals surface area contributed by atoms with Gasteiger partial charge in [-0.2, -0.15) is 65.9 Å². The van der Waals surface area contributed by atoms with Crippen LogP contribution >= 0.6 is 0 Å². The van der Waals surface area contributed by atoms with Crippen LogP contribution in [0, 0.1) is 0 Å². The van der Waals surface area contributed by atoms with Gasteiger partial charge < -0.3 is 10.0 Å². The fourth-order valence-electron chi connectivity index (χ4n) is 1.34. The first kappa shape index (κ1) is 26.8. The zero-order chi connectivity index (χ0) is 23.6. The third-order valence-corrected chi connectivity index (χ3v) is 3.07. The number of rotatable bonds is 7. The maximum absolute atomic E-state index is 13.0. The molecule has 0 spiro atoms. The van der Waals surface area contributed by atoms with E-state index in [-0.39, 0.29) is 0 Å². The van der Waals surface area contributed by atoms with E-state index in [2.05, 4.69) is 0 Å². The molecule has 0 aliphatic heterocycles. The summed E-state index contributed by atoms with van der Waals surface area (Å²) in [4.78, 5) is 0. The van der Waals surface area contributed by atoms with Crippen LogP contribution in [-0.2, 0) is 0 Å². The molecule has 0 aliphatic carbocycles. The highest BCUT2D eigenvalue weighted by molar-refractivity contribution is 6.44. The Bertz CT molecular complexity index is 578. The third-order valence-electron chi connectivity index (χ3n) is 3.07. The van der Waals surface area contributed by atoms with Crippen LogP contribution in [0.2, 0.25) is 0 Å². The Balaban J connectivity index is 6.72. The van der Waals surface area contributed by atoms with E-state index in [1.165, 1.54) is 0 Å². The summed E-state index contributed by atoms with van der Waals surface area (Å²) in [6.45, 7) is 0. The van der Waals surface area contributed by atoms with Crippen molar-refractivity contribution in [2.45, 2.75) is 47.5 Å². The van der Waals surface area contributed by atoms with E-state index < -0.39 is 54.7 Å². The van der Waals surface area contributed by atoms with Crippen LogP contribution in [0.1, 0.15) is 0 Å². The summed E-state index contributed by atoms with van der Waals surface area (Å²) in [5, 5.41) is 15.6. The van der Waals surface area contributed by atoms with Gasteiger partial charge in [0, 0.05) is 0 Å². The molecular weight excluding hydrogens is 462 g/mol. The molecule has 0 fully saturated rings. The molecule has 28 heavy (non-hydrogen) atoms. The van der Waals surface area contributed by atoms with E-state index in [9.17, 15) is 74.6 Å². The first-order valence-electron chi connectivity index (χ1n) is 5.77. The zero-order valence-electron chi connectivity index (χ0n) is 11.9. The van der Waals surface area contributed by atoms with Gasteiger partial charge in [0.05, 0.1) is 0 Å². The summed E-state index contributed by atoms with van der Waals surface area (Å²) < 4.78 is 215. The zero-order valence-corrected chi connectivity index (χ0v) is 11.9. The molecule has 0 rings (SSSR count). The minimum absolute atomic E-state index is 5.02. The molecule has 0 amide bonds. The predicted molar refractivity (Wildman–Crippen MR) is 50.9 cm³/mol. The van der Waals surface area contributed by atoms with Gasteiger partial charge in [0.15, 0.2) is 0 Å². The second-order valence-corrected chi connectivity index (χ2v) is 4.94. The monoisotopic (exact) mass is 464 g/mol. The van der Waals surface area contributed by atoms with Gasteiger partial charge in [-0.3, -0.25) is 0 Å². The largest absolute Gasteiger partial charge is 0.536 e. The molecule has 0 saturated heterocycles. The Morgan fingerprint density at radius 2 is 0.571 bits per heavy atom. The minimum Gasteiger partial charge on any atom is -0.423 e. The molecule has 2 N–H and O–H groups in total. The second-order valence-electron chi connectivity index (χ2n) is 4.94. The van der Waals surface area contributed by atoms with E-state index in [1.807, 2.05) is 0 Å². The summed E-state index contributed by atoms with van der Waals surface area (Å²) >= 11 is 0. The number of alkyl halides is 17. The molecule has 0 aromatic rings. The van der Waals surface area contributed by atoms with Gasteiger partial charge in [-0.25, -0.2) is 8.78 Å². The number of halogens is 17. The third kappa shape index (κ3) is 3.05. The lowest BCUT2D eigenvalue weighted by molar-refractivity contribution is -0.459. The van der Waals surface area contributed by atoms with Crippen molar-refractivity contribution >= 4 is 7.12 Å². The Hall–Kier alpha value is -1.21. The summed E-state index contributed by atoms with van der Waals surface area (Å²) in [6.07, 6.45) is -7.82. The van der Waals surface area contributed by atoms with Crippen LogP contribution in [0.15, 0.2) is 0 Å². The van der Waals surface area contributed by atoms with Crippen LogP contribution in [-0.4, -0.2) is 64.7 Å². The van der Waals surface area contributed by atoms with Crippen LogP contribution < -0.4 is 0 Å². The van der Waals surface area contributed by atoms with Crippen LogP contribution in [0.5, 0.6) is 0 Å². The number of hydrogen-bond donors (Lipinski definition) is 2. The minimum atomic E-state index is -8.73. The Labute approximate surface area is 141 Å². The predicted octanol–water partition coefficient (Wildman–Crippen LogP) is 4.01. The lowest BCUT2D eigenvalue weighted by Gasteiger charge is -2.42. The fraction of sp³-hybridized carbons (Fsp3) is 1.00. The highest BCUT2D eigenvalue weighted by atomic mass is 19.4. The molecule has 0 unspecified atom stereocenters. The van der Waals surface area contributed by atoms with Gasteiger partial charge in [0.25, 0.3) is 0 Å². The van der Waals surface area contributed by atoms with E-state index >= 15 is 0 Å². The standard InChI is InChI=1S/C8H2BF17O2/c10-1(11,3(14,15)5(18,19)7(22,23)9(27)28)2(12,13)4(16,17)6(20,21)8(24,25)26/h27-28H. The first-order chi connectivity index (χ1) is 11.7. The van der Waals surface area contributed by atoms with Gasteiger partial charge in [-0.1, -0.05) is 0 Å². The number of hydrogen-bond acceptors (Lipinski definition) is 2. The van der Waals surface area contributed by atoms with Gasteiger partial charge >= 0.3 is 54.7 Å². The normalized spacial score (nSPS) is 16.4.